The van der Waals surface area contributed by atoms with Crippen LogP contribution in [0.4, 0.5) is 11.5 Å². The molecule has 1 aromatic heterocycles. The minimum atomic E-state index is -0.0515. The Morgan fingerprint density at radius 2 is 1.89 bits per heavy atom. The van der Waals surface area contributed by atoms with Crippen LogP contribution in [0, 0.1) is 0 Å². The van der Waals surface area contributed by atoms with Crippen LogP contribution in [0.5, 0.6) is 5.75 Å². The molecule has 0 unspecified atom stereocenters. The van der Waals surface area contributed by atoms with Crippen LogP contribution < -0.4 is 15.4 Å². The molecule has 0 aliphatic heterocycles. The van der Waals surface area contributed by atoms with Crippen molar-refractivity contribution in [1.82, 2.24) is 4.98 Å². The molecule has 0 amide bonds. The Labute approximate surface area is 113 Å². The van der Waals surface area contributed by atoms with Gasteiger partial charge in [-0.2, -0.15) is 0 Å². The molecule has 0 aliphatic rings. The molecule has 2 aromatic rings. The number of methoxy groups -OCH3 is 1. The molecule has 0 spiro atoms. The SMILES string of the molecule is COc1ccc(N(C)c2ncccc2[C@H](C)N)cc1. The highest BCUT2D eigenvalue weighted by molar-refractivity contribution is 5.63. The first-order chi connectivity index (χ1) is 9.13. The van der Waals surface area contributed by atoms with Crippen LogP contribution in [0.2, 0.25) is 0 Å². The highest BCUT2D eigenvalue weighted by Crippen LogP contribution is 2.28. The molecule has 0 saturated heterocycles. The van der Waals surface area contributed by atoms with Crippen molar-refractivity contribution in [3.05, 3.63) is 48.2 Å². The van der Waals surface area contributed by atoms with Crippen LogP contribution in [0.1, 0.15) is 18.5 Å². The van der Waals surface area contributed by atoms with Gasteiger partial charge in [0.15, 0.2) is 0 Å². The molecule has 0 radical (unpaired) electrons. The second kappa shape index (κ2) is 5.71. The third-order valence-electron chi connectivity index (χ3n) is 3.08. The van der Waals surface area contributed by atoms with E-state index < -0.39 is 0 Å². The lowest BCUT2D eigenvalue weighted by atomic mass is 10.1. The number of hydrogen-bond acceptors (Lipinski definition) is 4. The molecule has 1 aromatic carbocycles. The van der Waals surface area contributed by atoms with Crippen molar-refractivity contribution in [2.45, 2.75) is 13.0 Å². The van der Waals surface area contributed by atoms with E-state index in [1.807, 2.05) is 55.3 Å². The van der Waals surface area contributed by atoms with Gasteiger partial charge < -0.3 is 15.4 Å². The van der Waals surface area contributed by atoms with Gasteiger partial charge in [-0.05, 0) is 37.3 Å². The monoisotopic (exact) mass is 257 g/mol. The Hall–Kier alpha value is -2.07. The molecule has 100 valence electrons. The summed E-state index contributed by atoms with van der Waals surface area (Å²) in [5.41, 5.74) is 8.06. The van der Waals surface area contributed by atoms with E-state index >= 15 is 0 Å². The molecule has 19 heavy (non-hydrogen) atoms. The lowest BCUT2D eigenvalue weighted by Gasteiger charge is -2.22. The summed E-state index contributed by atoms with van der Waals surface area (Å²) in [6.07, 6.45) is 1.78. The Morgan fingerprint density at radius 1 is 1.21 bits per heavy atom. The van der Waals surface area contributed by atoms with Gasteiger partial charge in [0, 0.05) is 30.5 Å². The van der Waals surface area contributed by atoms with Gasteiger partial charge in [0.25, 0.3) is 0 Å². The number of aromatic nitrogens is 1. The average Bonchev–Trinajstić information content (AvgIpc) is 2.46. The molecule has 4 heteroatoms. The molecular formula is C15H19N3O. The molecule has 2 N–H and O–H groups in total. The minimum absolute atomic E-state index is 0.0515. The van der Waals surface area contributed by atoms with Gasteiger partial charge in [-0.3, -0.25) is 0 Å². The number of hydrogen-bond donors (Lipinski definition) is 1. The maximum Gasteiger partial charge on any atom is 0.137 e. The van der Waals surface area contributed by atoms with Crippen LogP contribution in [0.25, 0.3) is 0 Å². The standard InChI is InChI=1S/C15H19N3O/c1-11(16)14-5-4-10-17-15(14)18(2)12-6-8-13(19-3)9-7-12/h4-11H,16H2,1-3H3/t11-/m0/s1. The molecule has 2 rings (SSSR count). The first kappa shape index (κ1) is 13.4. The molecule has 1 atom stereocenters. The zero-order valence-electron chi connectivity index (χ0n) is 11.5. The van der Waals surface area contributed by atoms with Gasteiger partial charge in [0.1, 0.15) is 11.6 Å². The Morgan fingerprint density at radius 3 is 2.47 bits per heavy atom. The predicted molar refractivity (Wildman–Crippen MR) is 77.9 cm³/mol. The van der Waals surface area contributed by atoms with E-state index in [4.69, 9.17) is 10.5 Å². The van der Waals surface area contributed by atoms with Gasteiger partial charge in [0.2, 0.25) is 0 Å². The maximum atomic E-state index is 5.99. The zero-order chi connectivity index (χ0) is 13.8. The van der Waals surface area contributed by atoms with Crippen molar-refractivity contribution < 1.29 is 4.74 Å². The maximum absolute atomic E-state index is 5.99. The number of ether oxygens (including phenoxy) is 1. The van der Waals surface area contributed by atoms with Crippen LogP contribution in [0.15, 0.2) is 42.6 Å². The Kier molecular flexibility index (Phi) is 4.02. The molecule has 0 bridgehead atoms. The average molecular weight is 257 g/mol. The summed E-state index contributed by atoms with van der Waals surface area (Å²) < 4.78 is 5.16. The fraction of sp³-hybridized carbons (Fsp3) is 0.267. The Balaban J connectivity index is 2.35. The Bertz CT molecular complexity index is 537. The summed E-state index contributed by atoms with van der Waals surface area (Å²) in [5.74, 6) is 1.72. The van der Waals surface area contributed by atoms with Crippen LogP contribution in [-0.2, 0) is 0 Å². The van der Waals surface area contributed by atoms with Crippen molar-refractivity contribution in [2.75, 3.05) is 19.1 Å². The smallest absolute Gasteiger partial charge is 0.137 e. The fourth-order valence-electron chi connectivity index (χ4n) is 1.97. The third kappa shape index (κ3) is 2.85. The van der Waals surface area contributed by atoms with E-state index in [-0.39, 0.29) is 6.04 Å². The minimum Gasteiger partial charge on any atom is -0.497 e. The van der Waals surface area contributed by atoms with Crippen molar-refractivity contribution >= 4 is 11.5 Å². The quantitative estimate of drug-likeness (QED) is 0.915. The number of nitrogens with two attached hydrogens (primary N) is 1. The van der Waals surface area contributed by atoms with Crippen LogP contribution in [-0.4, -0.2) is 19.1 Å². The van der Waals surface area contributed by atoms with Gasteiger partial charge in [-0.15, -0.1) is 0 Å². The van der Waals surface area contributed by atoms with E-state index in [2.05, 4.69) is 4.98 Å². The molecule has 1 heterocycles. The normalized spacial score (nSPS) is 12.0. The van der Waals surface area contributed by atoms with Crippen LogP contribution >= 0.6 is 0 Å². The predicted octanol–water partition coefficient (Wildman–Crippen LogP) is 2.88. The number of rotatable bonds is 4. The molecule has 0 fully saturated rings. The van der Waals surface area contributed by atoms with E-state index in [9.17, 15) is 0 Å². The summed E-state index contributed by atoms with van der Waals surface area (Å²) in [5, 5.41) is 0. The van der Waals surface area contributed by atoms with Crippen LogP contribution in [0.3, 0.4) is 0 Å². The molecule has 0 saturated carbocycles. The summed E-state index contributed by atoms with van der Waals surface area (Å²) >= 11 is 0. The van der Waals surface area contributed by atoms with Gasteiger partial charge >= 0.3 is 0 Å². The second-order valence-corrected chi connectivity index (χ2v) is 4.46. The summed E-state index contributed by atoms with van der Waals surface area (Å²) in [6.45, 7) is 1.96. The van der Waals surface area contributed by atoms with E-state index in [0.29, 0.717) is 0 Å². The lowest BCUT2D eigenvalue weighted by molar-refractivity contribution is 0.415. The zero-order valence-corrected chi connectivity index (χ0v) is 11.5. The number of benzene rings is 1. The van der Waals surface area contributed by atoms with Crippen molar-refractivity contribution in [2.24, 2.45) is 5.73 Å². The number of nitrogens with zero attached hydrogens (tertiary/aromatic N) is 2. The largest absolute Gasteiger partial charge is 0.497 e. The summed E-state index contributed by atoms with van der Waals surface area (Å²) in [7, 11) is 3.64. The third-order valence-corrected chi connectivity index (χ3v) is 3.08. The summed E-state index contributed by atoms with van der Waals surface area (Å²) in [6, 6.07) is 11.7. The van der Waals surface area contributed by atoms with Crippen molar-refractivity contribution in [3.63, 3.8) is 0 Å². The lowest BCUT2D eigenvalue weighted by Crippen LogP contribution is -2.17. The molecule has 0 aliphatic carbocycles. The second-order valence-electron chi connectivity index (χ2n) is 4.46. The first-order valence-corrected chi connectivity index (χ1v) is 6.21. The van der Waals surface area contributed by atoms with E-state index in [0.717, 1.165) is 22.8 Å². The van der Waals surface area contributed by atoms with Gasteiger partial charge in [0.05, 0.1) is 7.11 Å². The molecular weight excluding hydrogens is 238 g/mol. The topological polar surface area (TPSA) is 51.4 Å². The van der Waals surface area contributed by atoms with Crippen molar-refractivity contribution in [1.29, 1.82) is 0 Å². The van der Waals surface area contributed by atoms with Gasteiger partial charge in [-0.1, -0.05) is 6.07 Å². The van der Waals surface area contributed by atoms with Crippen molar-refractivity contribution in [3.8, 4) is 5.75 Å². The number of pyridine rings is 1. The first-order valence-electron chi connectivity index (χ1n) is 6.21. The van der Waals surface area contributed by atoms with E-state index in [1.165, 1.54) is 0 Å². The van der Waals surface area contributed by atoms with Gasteiger partial charge in [-0.25, -0.2) is 4.98 Å². The van der Waals surface area contributed by atoms with E-state index in [1.54, 1.807) is 13.3 Å². The fourth-order valence-corrected chi connectivity index (χ4v) is 1.97. The molecule has 4 nitrogen and oxygen atoms in total. The highest BCUT2D eigenvalue weighted by Gasteiger charge is 2.13. The highest BCUT2D eigenvalue weighted by atomic mass is 16.5. The number of anilines is 2. The summed E-state index contributed by atoms with van der Waals surface area (Å²) in [4.78, 5) is 6.46.